The number of ether oxygens (including phenoxy) is 2. The van der Waals surface area contributed by atoms with Crippen molar-refractivity contribution in [3.8, 4) is 11.5 Å². The third-order valence-corrected chi connectivity index (χ3v) is 5.58. The minimum Gasteiger partial charge on any atom is -0.486 e. The highest BCUT2D eigenvalue weighted by atomic mass is 35.5. The highest BCUT2D eigenvalue weighted by Crippen LogP contribution is 2.46. The molecule has 0 aliphatic heterocycles. The number of benzene rings is 2. The van der Waals surface area contributed by atoms with Gasteiger partial charge in [-0.3, -0.25) is 0 Å². The zero-order valence-electron chi connectivity index (χ0n) is 10.9. The molecule has 0 aliphatic rings. The molecule has 0 heterocycles. The molecule has 5 heteroatoms. The van der Waals surface area contributed by atoms with Gasteiger partial charge in [0, 0.05) is 0 Å². The molecule has 0 radical (unpaired) electrons. The Balaban J connectivity index is 1.90. The lowest BCUT2D eigenvalue weighted by molar-refractivity contribution is 0.346. The summed E-state index contributed by atoms with van der Waals surface area (Å²) in [6.07, 6.45) is 0.153. The van der Waals surface area contributed by atoms with Gasteiger partial charge in [-0.2, -0.15) is 0 Å². The standard InChI is InChI=1S/C15H16ClO3P/c16-11-20(17,12-18-14-7-3-1-4-8-14)13-19-15-9-5-2-6-10-15/h1-10H,11-13H2. The van der Waals surface area contributed by atoms with Crippen LogP contribution in [0.5, 0.6) is 11.5 Å². The molecule has 2 aromatic carbocycles. The summed E-state index contributed by atoms with van der Waals surface area (Å²) >= 11 is 5.82. The molecule has 0 aromatic heterocycles. The second-order valence-electron chi connectivity index (χ2n) is 4.35. The fourth-order valence-electron chi connectivity index (χ4n) is 1.52. The Hall–Kier alpha value is -1.44. The molecule has 0 aliphatic carbocycles. The smallest absolute Gasteiger partial charge is 0.172 e. The Morgan fingerprint density at radius 3 is 1.55 bits per heavy atom. The van der Waals surface area contributed by atoms with E-state index in [-0.39, 0.29) is 18.3 Å². The van der Waals surface area contributed by atoms with Gasteiger partial charge in [-0.15, -0.1) is 11.6 Å². The van der Waals surface area contributed by atoms with Crippen molar-refractivity contribution < 1.29 is 14.0 Å². The molecule has 2 aromatic rings. The van der Waals surface area contributed by atoms with Crippen LogP contribution >= 0.6 is 18.7 Å². The van der Waals surface area contributed by atoms with Crippen LogP contribution in [0.3, 0.4) is 0 Å². The molecular weight excluding hydrogens is 295 g/mol. The summed E-state index contributed by atoms with van der Waals surface area (Å²) in [7, 11) is -2.71. The van der Waals surface area contributed by atoms with Crippen molar-refractivity contribution >= 4 is 18.7 Å². The molecule has 0 N–H and O–H groups in total. The SMILES string of the molecule is O=P(CCl)(COc1ccccc1)COc1ccccc1. The van der Waals surface area contributed by atoms with Crippen molar-refractivity contribution in [2.24, 2.45) is 0 Å². The van der Waals surface area contributed by atoms with Gasteiger partial charge in [0.05, 0.1) is 5.62 Å². The Kier molecular flexibility index (Phi) is 5.51. The van der Waals surface area contributed by atoms with Gasteiger partial charge in [0.2, 0.25) is 0 Å². The summed E-state index contributed by atoms with van der Waals surface area (Å²) in [5.74, 6) is 1.36. The zero-order valence-corrected chi connectivity index (χ0v) is 12.6. The quantitative estimate of drug-likeness (QED) is 0.553. The first kappa shape index (κ1) is 15.0. The lowest BCUT2D eigenvalue weighted by atomic mass is 10.3. The molecule has 0 saturated carbocycles. The summed E-state index contributed by atoms with van der Waals surface area (Å²) < 4.78 is 23.6. The second kappa shape index (κ2) is 7.37. The van der Waals surface area contributed by atoms with Crippen LogP contribution < -0.4 is 9.47 Å². The Morgan fingerprint density at radius 2 is 1.20 bits per heavy atom. The van der Waals surface area contributed by atoms with E-state index in [0.29, 0.717) is 11.5 Å². The molecule has 106 valence electrons. The predicted octanol–water partition coefficient (Wildman–Crippen LogP) is 4.62. The minimum atomic E-state index is -2.71. The van der Waals surface area contributed by atoms with E-state index in [2.05, 4.69) is 0 Å². The largest absolute Gasteiger partial charge is 0.486 e. The van der Waals surface area contributed by atoms with Crippen molar-refractivity contribution in [3.05, 3.63) is 60.7 Å². The third-order valence-electron chi connectivity index (χ3n) is 2.64. The number of hydrogen-bond acceptors (Lipinski definition) is 3. The highest BCUT2D eigenvalue weighted by molar-refractivity contribution is 7.65. The van der Waals surface area contributed by atoms with Crippen LogP contribution in [-0.2, 0) is 4.57 Å². The summed E-state index contributed by atoms with van der Waals surface area (Å²) in [4.78, 5) is 0. The topological polar surface area (TPSA) is 35.5 Å². The molecule has 3 nitrogen and oxygen atoms in total. The molecular formula is C15H16ClO3P. The lowest BCUT2D eigenvalue weighted by Crippen LogP contribution is -2.08. The van der Waals surface area contributed by atoms with Gasteiger partial charge in [-0.05, 0) is 24.3 Å². The van der Waals surface area contributed by atoms with Crippen LogP contribution in [-0.4, -0.2) is 18.3 Å². The Bertz CT molecular complexity index is 512. The lowest BCUT2D eigenvalue weighted by Gasteiger charge is -2.17. The fourth-order valence-corrected chi connectivity index (χ4v) is 2.92. The highest BCUT2D eigenvalue weighted by Gasteiger charge is 2.23. The molecule has 0 bridgehead atoms. The summed E-state index contributed by atoms with van der Waals surface area (Å²) in [6, 6.07) is 18.5. The monoisotopic (exact) mass is 310 g/mol. The number of hydrogen-bond donors (Lipinski definition) is 0. The third kappa shape index (κ3) is 4.59. The van der Waals surface area contributed by atoms with Crippen LogP contribution in [0.1, 0.15) is 0 Å². The number of para-hydroxylation sites is 2. The maximum atomic E-state index is 12.5. The molecule has 0 spiro atoms. The van der Waals surface area contributed by atoms with E-state index in [1.165, 1.54) is 0 Å². The van der Waals surface area contributed by atoms with E-state index in [9.17, 15) is 4.57 Å². The van der Waals surface area contributed by atoms with Crippen molar-refractivity contribution in [2.75, 3.05) is 18.3 Å². The number of halogens is 1. The van der Waals surface area contributed by atoms with Crippen LogP contribution in [0, 0.1) is 0 Å². The first-order valence-corrected chi connectivity index (χ1v) is 9.00. The minimum absolute atomic E-state index is 0.0344. The van der Waals surface area contributed by atoms with Crippen molar-refractivity contribution in [3.63, 3.8) is 0 Å². The average Bonchev–Trinajstić information content (AvgIpc) is 2.53. The van der Waals surface area contributed by atoms with Crippen molar-refractivity contribution in [1.82, 2.24) is 0 Å². The first-order valence-electron chi connectivity index (χ1n) is 6.21. The molecule has 20 heavy (non-hydrogen) atoms. The number of rotatable bonds is 7. The van der Waals surface area contributed by atoms with Crippen LogP contribution in [0.25, 0.3) is 0 Å². The Labute approximate surface area is 123 Å². The Morgan fingerprint density at radius 1 is 0.800 bits per heavy atom. The van der Waals surface area contributed by atoms with Gasteiger partial charge in [0.15, 0.2) is 7.14 Å². The summed E-state index contributed by atoms with van der Waals surface area (Å²) in [6.45, 7) is 0. The molecule has 0 atom stereocenters. The second-order valence-corrected chi connectivity index (χ2v) is 7.94. The fraction of sp³-hybridized carbons (Fsp3) is 0.200. The molecule has 0 unspecified atom stereocenters. The van der Waals surface area contributed by atoms with Gasteiger partial charge in [-0.25, -0.2) is 0 Å². The van der Waals surface area contributed by atoms with Gasteiger partial charge >= 0.3 is 0 Å². The van der Waals surface area contributed by atoms with Gasteiger partial charge < -0.3 is 14.0 Å². The molecule has 0 fully saturated rings. The van der Waals surface area contributed by atoms with Crippen LogP contribution in [0.4, 0.5) is 0 Å². The summed E-state index contributed by atoms with van der Waals surface area (Å²) in [5, 5.41) is 0. The van der Waals surface area contributed by atoms with Gasteiger partial charge in [0.25, 0.3) is 0 Å². The van der Waals surface area contributed by atoms with E-state index in [1.54, 1.807) is 0 Å². The number of alkyl halides is 1. The van der Waals surface area contributed by atoms with Crippen molar-refractivity contribution in [2.45, 2.75) is 0 Å². The summed E-state index contributed by atoms with van der Waals surface area (Å²) in [5.41, 5.74) is 0.0344. The van der Waals surface area contributed by atoms with Gasteiger partial charge in [0.1, 0.15) is 24.2 Å². The molecule has 2 rings (SSSR count). The van der Waals surface area contributed by atoms with E-state index in [0.717, 1.165) is 0 Å². The van der Waals surface area contributed by atoms with Crippen LogP contribution in [0.15, 0.2) is 60.7 Å². The van der Waals surface area contributed by atoms with E-state index in [1.807, 2.05) is 60.7 Å². The molecule has 0 saturated heterocycles. The van der Waals surface area contributed by atoms with E-state index < -0.39 is 7.14 Å². The maximum absolute atomic E-state index is 12.5. The maximum Gasteiger partial charge on any atom is 0.172 e. The zero-order chi connectivity index (χ0) is 14.3. The normalized spacial score (nSPS) is 11.1. The van der Waals surface area contributed by atoms with Gasteiger partial charge in [-0.1, -0.05) is 36.4 Å². The average molecular weight is 311 g/mol. The van der Waals surface area contributed by atoms with Crippen LogP contribution in [0.2, 0.25) is 0 Å². The van der Waals surface area contributed by atoms with E-state index >= 15 is 0 Å². The van der Waals surface area contributed by atoms with Crippen molar-refractivity contribution in [1.29, 1.82) is 0 Å². The first-order chi connectivity index (χ1) is 9.72. The van der Waals surface area contributed by atoms with E-state index in [4.69, 9.17) is 21.1 Å². The molecule has 0 amide bonds. The predicted molar refractivity (Wildman–Crippen MR) is 82.2 cm³/mol.